The molecule has 1 N–H and O–H groups in total. The third kappa shape index (κ3) is 2.39. The van der Waals surface area contributed by atoms with E-state index in [-0.39, 0.29) is 0 Å². The highest BCUT2D eigenvalue weighted by Crippen LogP contribution is 2.07. The van der Waals surface area contributed by atoms with Crippen molar-refractivity contribution in [2.75, 3.05) is 6.54 Å². The summed E-state index contributed by atoms with van der Waals surface area (Å²) in [6, 6.07) is 6.52. The molecule has 1 fully saturated rings. The number of nitrogens with one attached hydrogen (secondary N) is 1. The van der Waals surface area contributed by atoms with E-state index >= 15 is 0 Å². The van der Waals surface area contributed by atoms with Gasteiger partial charge < -0.3 is 5.32 Å². The molecule has 2 nitrogen and oxygen atoms in total. The van der Waals surface area contributed by atoms with E-state index in [2.05, 4.69) is 22.5 Å². The molecule has 0 aromatic carbocycles. The highest BCUT2D eigenvalue weighted by atomic mass is 14.9. The van der Waals surface area contributed by atoms with Gasteiger partial charge in [0.05, 0.1) is 5.69 Å². The van der Waals surface area contributed by atoms with Crippen LogP contribution in [0.1, 0.15) is 18.5 Å². The lowest BCUT2D eigenvalue weighted by Gasteiger charge is -2.01. The van der Waals surface area contributed by atoms with Gasteiger partial charge in [-0.25, -0.2) is 0 Å². The Morgan fingerprint density at radius 2 is 2.46 bits per heavy atom. The van der Waals surface area contributed by atoms with Gasteiger partial charge in [-0.15, -0.1) is 0 Å². The molecule has 2 rings (SSSR count). The number of hydrogen-bond acceptors (Lipinski definition) is 2. The predicted molar refractivity (Wildman–Crippen MR) is 54.3 cm³/mol. The number of aromatic nitrogens is 1. The minimum absolute atomic E-state index is 0.557. The maximum Gasteiger partial charge on any atom is 0.0627 e. The summed E-state index contributed by atoms with van der Waals surface area (Å²) in [5, 5.41) is 3.41. The smallest absolute Gasteiger partial charge is 0.0627 e. The van der Waals surface area contributed by atoms with Crippen molar-refractivity contribution in [1.29, 1.82) is 0 Å². The van der Waals surface area contributed by atoms with E-state index in [9.17, 15) is 0 Å². The molecule has 1 aliphatic heterocycles. The van der Waals surface area contributed by atoms with Crippen LogP contribution in [0.2, 0.25) is 0 Å². The minimum Gasteiger partial charge on any atom is -0.311 e. The maximum absolute atomic E-state index is 4.23. The third-order valence-electron chi connectivity index (χ3n) is 2.29. The third-order valence-corrected chi connectivity index (χ3v) is 2.29. The van der Waals surface area contributed by atoms with E-state index in [1.165, 1.54) is 12.8 Å². The van der Waals surface area contributed by atoms with Crippen molar-refractivity contribution in [3.63, 3.8) is 0 Å². The monoisotopic (exact) mass is 174 g/mol. The Kier molecular flexibility index (Phi) is 2.72. The zero-order valence-electron chi connectivity index (χ0n) is 7.61. The van der Waals surface area contributed by atoms with Crippen molar-refractivity contribution >= 4 is 6.08 Å². The van der Waals surface area contributed by atoms with Gasteiger partial charge in [-0.3, -0.25) is 4.98 Å². The normalized spacial score (nSPS) is 22.6. The lowest BCUT2D eigenvalue weighted by molar-refractivity contribution is 0.730. The molecular formula is C11H14N2. The lowest BCUT2D eigenvalue weighted by atomic mass is 10.2. The van der Waals surface area contributed by atoms with Crippen LogP contribution in [0.5, 0.6) is 0 Å². The van der Waals surface area contributed by atoms with Crippen LogP contribution in [-0.4, -0.2) is 17.6 Å². The minimum atomic E-state index is 0.557. The van der Waals surface area contributed by atoms with Crippen molar-refractivity contribution in [3.05, 3.63) is 36.2 Å². The summed E-state index contributed by atoms with van der Waals surface area (Å²) in [5.41, 5.74) is 1.04. The number of hydrogen-bond donors (Lipinski definition) is 1. The fraction of sp³-hybridized carbons (Fsp3) is 0.364. The first-order valence-corrected chi connectivity index (χ1v) is 4.78. The van der Waals surface area contributed by atoms with Gasteiger partial charge >= 0.3 is 0 Å². The van der Waals surface area contributed by atoms with E-state index in [1.807, 2.05) is 24.4 Å². The first-order valence-electron chi connectivity index (χ1n) is 4.78. The summed E-state index contributed by atoms with van der Waals surface area (Å²) >= 11 is 0. The molecule has 1 aliphatic rings. The summed E-state index contributed by atoms with van der Waals surface area (Å²) in [6.07, 6.45) is 8.65. The average Bonchev–Trinajstić information content (AvgIpc) is 2.69. The first-order chi connectivity index (χ1) is 6.45. The van der Waals surface area contributed by atoms with Gasteiger partial charge in [0, 0.05) is 12.2 Å². The largest absolute Gasteiger partial charge is 0.311 e. The van der Waals surface area contributed by atoms with Crippen molar-refractivity contribution in [1.82, 2.24) is 10.3 Å². The van der Waals surface area contributed by atoms with Crippen LogP contribution in [0, 0.1) is 0 Å². The molecule has 0 saturated carbocycles. The van der Waals surface area contributed by atoms with Gasteiger partial charge in [0.25, 0.3) is 0 Å². The topological polar surface area (TPSA) is 24.9 Å². The van der Waals surface area contributed by atoms with Crippen LogP contribution >= 0.6 is 0 Å². The average molecular weight is 174 g/mol. The Balaban J connectivity index is 1.97. The van der Waals surface area contributed by atoms with Gasteiger partial charge in [0.1, 0.15) is 0 Å². The maximum atomic E-state index is 4.23. The molecule has 0 aliphatic carbocycles. The van der Waals surface area contributed by atoms with Crippen molar-refractivity contribution in [3.8, 4) is 0 Å². The van der Waals surface area contributed by atoms with Gasteiger partial charge in [-0.1, -0.05) is 12.1 Å². The molecule has 2 heteroatoms. The van der Waals surface area contributed by atoms with E-state index in [0.717, 1.165) is 12.2 Å². The first kappa shape index (κ1) is 8.45. The second-order valence-electron chi connectivity index (χ2n) is 3.32. The molecule has 0 bridgehead atoms. The molecule has 0 spiro atoms. The predicted octanol–water partition coefficient (Wildman–Crippen LogP) is 1.85. The summed E-state index contributed by atoms with van der Waals surface area (Å²) in [4.78, 5) is 4.23. The quantitative estimate of drug-likeness (QED) is 0.740. The lowest BCUT2D eigenvalue weighted by Crippen LogP contribution is -2.17. The number of nitrogens with zero attached hydrogens (tertiary/aromatic N) is 1. The molecule has 0 amide bonds. The Morgan fingerprint density at radius 3 is 3.15 bits per heavy atom. The van der Waals surface area contributed by atoms with Gasteiger partial charge in [0.2, 0.25) is 0 Å². The van der Waals surface area contributed by atoms with Crippen LogP contribution in [0.3, 0.4) is 0 Å². The molecule has 13 heavy (non-hydrogen) atoms. The summed E-state index contributed by atoms with van der Waals surface area (Å²) in [7, 11) is 0. The Morgan fingerprint density at radius 1 is 1.46 bits per heavy atom. The molecule has 1 unspecified atom stereocenters. The molecule has 1 atom stereocenters. The van der Waals surface area contributed by atoms with Crippen LogP contribution in [0.25, 0.3) is 6.08 Å². The van der Waals surface area contributed by atoms with Crippen molar-refractivity contribution in [2.24, 2.45) is 0 Å². The van der Waals surface area contributed by atoms with E-state index < -0.39 is 0 Å². The van der Waals surface area contributed by atoms with Crippen LogP contribution in [0.15, 0.2) is 30.5 Å². The zero-order valence-corrected chi connectivity index (χ0v) is 7.61. The van der Waals surface area contributed by atoms with Gasteiger partial charge in [-0.05, 0) is 37.6 Å². The fourth-order valence-corrected chi connectivity index (χ4v) is 1.57. The number of rotatable bonds is 2. The summed E-state index contributed by atoms with van der Waals surface area (Å²) < 4.78 is 0. The highest BCUT2D eigenvalue weighted by molar-refractivity contribution is 5.44. The van der Waals surface area contributed by atoms with Gasteiger partial charge in [-0.2, -0.15) is 0 Å². The van der Waals surface area contributed by atoms with Crippen LogP contribution < -0.4 is 5.32 Å². The second-order valence-corrected chi connectivity index (χ2v) is 3.32. The molecule has 1 aromatic rings. The molecular weight excluding hydrogens is 160 g/mol. The Bertz CT molecular complexity index is 273. The van der Waals surface area contributed by atoms with Crippen LogP contribution in [-0.2, 0) is 0 Å². The highest BCUT2D eigenvalue weighted by Gasteiger charge is 2.09. The van der Waals surface area contributed by atoms with E-state index in [0.29, 0.717) is 6.04 Å². The number of pyridine rings is 1. The zero-order chi connectivity index (χ0) is 8.93. The molecule has 68 valence electrons. The molecule has 2 heterocycles. The molecule has 1 saturated heterocycles. The molecule has 1 aromatic heterocycles. The summed E-state index contributed by atoms with van der Waals surface area (Å²) in [5.74, 6) is 0. The SMILES string of the molecule is C(=CC1CCCN1)c1ccccn1. The van der Waals surface area contributed by atoms with Crippen LogP contribution in [0.4, 0.5) is 0 Å². The fourth-order valence-electron chi connectivity index (χ4n) is 1.57. The van der Waals surface area contributed by atoms with Crippen molar-refractivity contribution < 1.29 is 0 Å². The van der Waals surface area contributed by atoms with E-state index in [1.54, 1.807) is 0 Å². The Labute approximate surface area is 78.7 Å². The van der Waals surface area contributed by atoms with Gasteiger partial charge in [0.15, 0.2) is 0 Å². The van der Waals surface area contributed by atoms with Crippen molar-refractivity contribution in [2.45, 2.75) is 18.9 Å². The van der Waals surface area contributed by atoms with E-state index in [4.69, 9.17) is 0 Å². The molecule has 0 radical (unpaired) electrons. The summed E-state index contributed by atoms with van der Waals surface area (Å²) in [6.45, 7) is 1.15. The standard InChI is InChI=1S/C11H14N2/c1-2-8-12-10(4-1)6-7-11-5-3-9-13-11/h1-2,4,6-8,11,13H,3,5,9H2. The Hall–Kier alpha value is -1.15. The second kappa shape index (κ2) is 4.19.